The predicted octanol–water partition coefficient (Wildman–Crippen LogP) is 1.68. The van der Waals surface area contributed by atoms with E-state index in [0.717, 1.165) is 12.2 Å². The number of carbonyl (C=O) groups excluding carboxylic acids is 1. The molecule has 1 atom stereocenters. The Kier molecular flexibility index (Phi) is 5.54. The van der Waals surface area contributed by atoms with Crippen molar-refractivity contribution in [3.63, 3.8) is 0 Å². The third-order valence-electron chi connectivity index (χ3n) is 2.96. The summed E-state index contributed by atoms with van der Waals surface area (Å²) in [6, 6.07) is -0.556. The molecule has 0 spiro atoms. The number of urea groups is 1. The van der Waals surface area contributed by atoms with Crippen LogP contribution in [0.4, 0.5) is 4.79 Å². The fourth-order valence-corrected chi connectivity index (χ4v) is 1.77. The lowest BCUT2D eigenvalue weighted by atomic mass is 9.97. The van der Waals surface area contributed by atoms with E-state index in [4.69, 9.17) is 9.52 Å². The lowest BCUT2D eigenvalue weighted by molar-refractivity contribution is -0.144. The Bertz CT molecular complexity index is 472. The summed E-state index contributed by atoms with van der Waals surface area (Å²) >= 11 is 0. The van der Waals surface area contributed by atoms with Gasteiger partial charge in [0, 0.05) is 6.42 Å². The maximum Gasteiger partial charge on any atom is 0.329 e. The summed E-state index contributed by atoms with van der Waals surface area (Å²) in [7, 11) is 0. The second-order valence-electron chi connectivity index (χ2n) is 4.77. The van der Waals surface area contributed by atoms with E-state index < -0.39 is 17.5 Å². The van der Waals surface area contributed by atoms with Gasteiger partial charge in [0.1, 0.15) is 11.3 Å². The number of nitrogens with one attached hydrogen (secondary N) is 2. The molecular weight excluding hydrogens is 262 g/mol. The fraction of sp³-hybridized carbons (Fsp3) is 0.615. The monoisotopic (exact) mass is 283 g/mol. The second kappa shape index (κ2) is 6.93. The van der Waals surface area contributed by atoms with Gasteiger partial charge in [0.2, 0.25) is 5.89 Å². The van der Waals surface area contributed by atoms with Gasteiger partial charge in [-0.25, -0.2) is 14.6 Å². The van der Waals surface area contributed by atoms with E-state index in [0.29, 0.717) is 18.7 Å². The van der Waals surface area contributed by atoms with Crippen LogP contribution < -0.4 is 10.6 Å². The van der Waals surface area contributed by atoms with Gasteiger partial charge in [0.15, 0.2) is 0 Å². The highest BCUT2D eigenvalue weighted by atomic mass is 16.4. The van der Waals surface area contributed by atoms with Gasteiger partial charge >= 0.3 is 12.0 Å². The predicted molar refractivity (Wildman–Crippen MR) is 72.2 cm³/mol. The van der Waals surface area contributed by atoms with Gasteiger partial charge in [-0.05, 0) is 13.3 Å². The number of carboxylic acid groups (broad SMARTS) is 1. The summed E-state index contributed by atoms with van der Waals surface area (Å²) in [5.41, 5.74) is -1.27. The summed E-state index contributed by atoms with van der Waals surface area (Å²) < 4.78 is 5.34. The number of hydrogen-bond donors (Lipinski definition) is 3. The Hall–Kier alpha value is -2.05. The highest BCUT2D eigenvalue weighted by Gasteiger charge is 2.33. The van der Waals surface area contributed by atoms with Crippen molar-refractivity contribution in [2.75, 3.05) is 0 Å². The first-order chi connectivity index (χ1) is 9.41. The highest BCUT2D eigenvalue weighted by Crippen LogP contribution is 2.12. The zero-order valence-corrected chi connectivity index (χ0v) is 12.0. The molecule has 0 aliphatic carbocycles. The van der Waals surface area contributed by atoms with Crippen LogP contribution in [-0.2, 0) is 17.8 Å². The molecule has 112 valence electrons. The number of oxazole rings is 1. The van der Waals surface area contributed by atoms with Crippen molar-refractivity contribution in [1.82, 2.24) is 15.6 Å². The Balaban J connectivity index is 2.52. The minimum Gasteiger partial charge on any atom is -0.480 e. The fourth-order valence-electron chi connectivity index (χ4n) is 1.77. The molecule has 0 aliphatic heterocycles. The normalized spacial score (nSPS) is 13.6. The van der Waals surface area contributed by atoms with Crippen molar-refractivity contribution in [3.05, 3.63) is 17.8 Å². The molecule has 0 radical (unpaired) electrons. The molecule has 0 saturated carbocycles. The van der Waals surface area contributed by atoms with Crippen LogP contribution in [0, 0.1) is 0 Å². The van der Waals surface area contributed by atoms with Crippen LogP contribution in [0.15, 0.2) is 10.6 Å². The SMILES string of the molecule is CCCC(C)(NC(=O)NCc1ncc(CC)o1)C(=O)O. The zero-order valence-electron chi connectivity index (χ0n) is 12.0. The first-order valence-corrected chi connectivity index (χ1v) is 6.64. The van der Waals surface area contributed by atoms with Crippen LogP contribution in [0.3, 0.4) is 0 Å². The molecule has 1 unspecified atom stereocenters. The van der Waals surface area contributed by atoms with Crippen LogP contribution in [0.5, 0.6) is 0 Å². The quantitative estimate of drug-likeness (QED) is 0.706. The second-order valence-corrected chi connectivity index (χ2v) is 4.77. The number of carbonyl (C=O) groups is 2. The summed E-state index contributed by atoms with van der Waals surface area (Å²) in [6.07, 6.45) is 3.34. The molecule has 7 heteroatoms. The maximum absolute atomic E-state index is 11.7. The van der Waals surface area contributed by atoms with Crippen molar-refractivity contribution < 1.29 is 19.1 Å². The topological polar surface area (TPSA) is 104 Å². The molecular formula is C13H21N3O4. The number of amides is 2. The van der Waals surface area contributed by atoms with E-state index in [2.05, 4.69) is 15.6 Å². The van der Waals surface area contributed by atoms with Gasteiger partial charge in [0.05, 0.1) is 12.7 Å². The van der Waals surface area contributed by atoms with Crippen LogP contribution in [0.25, 0.3) is 0 Å². The Morgan fingerprint density at radius 1 is 1.45 bits per heavy atom. The Labute approximate surface area is 117 Å². The molecule has 0 bridgehead atoms. The molecule has 7 nitrogen and oxygen atoms in total. The molecule has 1 heterocycles. The minimum absolute atomic E-state index is 0.119. The van der Waals surface area contributed by atoms with Crippen molar-refractivity contribution in [2.24, 2.45) is 0 Å². The summed E-state index contributed by atoms with van der Waals surface area (Å²) in [4.78, 5) is 26.9. The molecule has 2 amide bonds. The number of aromatic nitrogens is 1. The molecule has 1 aromatic rings. The average molecular weight is 283 g/mol. The molecule has 20 heavy (non-hydrogen) atoms. The molecule has 0 aromatic carbocycles. The molecule has 1 rings (SSSR count). The third kappa shape index (κ3) is 4.25. The molecule has 0 aliphatic rings. The van der Waals surface area contributed by atoms with Gasteiger partial charge < -0.3 is 20.2 Å². The van der Waals surface area contributed by atoms with Crippen LogP contribution in [-0.4, -0.2) is 27.6 Å². The van der Waals surface area contributed by atoms with Crippen LogP contribution >= 0.6 is 0 Å². The van der Waals surface area contributed by atoms with Crippen LogP contribution in [0.1, 0.15) is 45.3 Å². The summed E-state index contributed by atoms with van der Waals surface area (Å²) in [5.74, 6) is 0.0759. The third-order valence-corrected chi connectivity index (χ3v) is 2.96. The average Bonchev–Trinajstić information content (AvgIpc) is 2.84. The van der Waals surface area contributed by atoms with Gasteiger partial charge in [0.25, 0.3) is 0 Å². The Morgan fingerprint density at radius 3 is 2.65 bits per heavy atom. The molecule has 3 N–H and O–H groups in total. The van der Waals surface area contributed by atoms with E-state index in [-0.39, 0.29) is 6.54 Å². The van der Waals surface area contributed by atoms with E-state index >= 15 is 0 Å². The number of aryl methyl sites for hydroxylation is 1. The largest absolute Gasteiger partial charge is 0.480 e. The van der Waals surface area contributed by atoms with Gasteiger partial charge in [-0.3, -0.25) is 0 Å². The first-order valence-electron chi connectivity index (χ1n) is 6.64. The van der Waals surface area contributed by atoms with Gasteiger partial charge in [-0.15, -0.1) is 0 Å². The molecule has 0 saturated heterocycles. The number of carboxylic acids is 1. The number of hydrogen-bond acceptors (Lipinski definition) is 4. The molecule has 1 aromatic heterocycles. The van der Waals surface area contributed by atoms with E-state index in [9.17, 15) is 9.59 Å². The number of rotatable bonds is 7. The van der Waals surface area contributed by atoms with Crippen LogP contribution in [0.2, 0.25) is 0 Å². The standard InChI is InChI=1S/C13H21N3O4/c1-4-6-13(3,11(17)18)16-12(19)15-8-10-14-7-9(5-2)20-10/h7H,4-6,8H2,1-3H3,(H,17,18)(H2,15,16,19). The first kappa shape index (κ1) is 16.0. The van der Waals surface area contributed by atoms with E-state index in [1.54, 1.807) is 6.20 Å². The number of nitrogens with zero attached hydrogens (tertiary/aromatic N) is 1. The molecule has 0 fully saturated rings. The minimum atomic E-state index is -1.27. The summed E-state index contributed by atoms with van der Waals surface area (Å²) in [6.45, 7) is 5.40. The van der Waals surface area contributed by atoms with Crippen molar-refractivity contribution in [2.45, 2.75) is 52.1 Å². The Morgan fingerprint density at radius 2 is 2.15 bits per heavy atom. The highest BCUT2D eigenvalue weighted by molar-refractivity contribution is 5.85. The lowest BCUT2D eigenvalue weighted by Gasteiger charge is -2.25. The lowest BCUT2D eigenvalue weighted by Crippen LogP contribution is -2.55. The van der Waals surface area contributed by atoms with Crippen molar-refractivity contribution in [1.29, 1.82) is 0 Å². The number of aliphatic carboxylic acids is 1. The zero-order chi connectivity index (χ0) is 15.2. The van der Waals surface area contributed by atoms with Gasteiger partial charge in [-0.1, -0.05) is 20.3 Å². The summed E-state index contributed by atoms with van der Waals surface area (Å²) in [5, 5.41) is 14.2. The smallest absolute Gasteiger partial charge is 0.329 e. The van der Waals surface area contributed by atoms with Crippen molar-refractivity contribution >= 4 is 12.0 Å². The van der Waals surface area contributed by atoms with E-state index in [1.165, 1.54) is 6.92 Å². The van der Waals surface area contributed by atoms with Crippen molar-refractivity contribution in [3.8, 4) is 0 Å². The maximum atomic E-state index is 11.7. The van der Waals surface area contributed by atoms with E-state index in [1.807, 2.05) is 13.8 Å². The van der Waals surface area contributed by atoms with Gasteiger partial charge in [-0.2, -0.15) is 0 Å².